The second kappa shape index (κ2) is 10.3. The van der Waals surface area contributed by atoms with Gasteiger partial charge in [0, 0.05) is 49.1 Å². The summed E-state index contributed by atoms with van der Waals surface area (Å²) >= 11 is 0. The number of aromatic nitrogens is 2. The van der Waals surface area contributed by atoms with Crippen LogP contribution in [0, 0.1) is 17.7 Å². The molecule has 2 bridgehead atoms. The standard InChI is InChI=1S/C34H33F2N5O2/c35-24-16-34(12-3-13-41(34)17-24)20-43-33-38-31-29(32(39-33)40-18-25-9-10-26(19-40)37-25)11-8-21(30(31)36)6-7-23-15-27(42)14-22-4-1-2-5-28(22)23/h1-2,4-5,8,11,14-15,24-26,37,42H,3,9-10,12-13,16-20H2/t24-,25-,26+,34+/m1/s1. The number of anilines is 1. The summed E-state index contributed by atoms with van der Waals surface area (Å²) in [6, 6.07) is 15.3. The van der Waals surface area contributed by atoms with Crippen LogP contribution in [0.4, 0.5) is 14.6 Å². The number of halogens is 2. The Morgan fingerprint density at radius 2 is 1.81 bits per heavy atom. The Kier molecular flexibility index (Phi) is 6.39. The van der Waals surface area contributed by atoms with Crippen LogP contribution in [0.2, 0.25) is 0 Å². The molecular formula is C34H33F2N5O2. The minimum Gasteiger partial charge on any atom is -0.508 e. The molecule has 0 spiro atoms. The van der Waals surface area contributed by atoms with E-state index in [1.54, 1.807) is 18.2 Å². The number of hydrogen-bond acceptors (Lipinski definition) is 7. The monoisotopic (exact) mass is 581 g/mol. The zero-order chi connectivity index (χ0) is 29.1. The molecule has 220 valence electrons. The van der Waals surface area contributed by atoms with Crippen molar-refractivity contribution in [2.24, 2.45) is 0 Å². The summed E-state index contributed by atoms with van der Waals surface area (Å²) in [5, 5.41) is 16.2. The van der Waals surface area contributed by atoms with E-state index in [0.29, 0.717) is 41.8 Å². The van der Waals surface area contributed by atoms with Crippen LogP contribution in [0.15, 0.2) is 48.5 Å². The first-order chi connectivity index (χ1) is 20.9. The highest BCUT2D eigenvalue weighted by molar-refractivity contribution is 5.92. The van der Waals surface area contributed by atoms with Crippen LogP contribution < -0.4 is 15.0 Å². The van der Waals surface area contributed by atoms with Gasteiger partial charge in [0.2, 0.25) is 0 Å². The van der Waals surface area contributed by atoms with Crippen molar-refractivity contribution in [1.29, 1.82) is 0 Å². The molecule has 4 aliphatic rings. The van der Waals surface area contributed by atoms with Gasteiger partial charge in [-0.1, -0.05) is 36.1 Å². The molecule has 0 radical (unpaired) electrons. The van der Waals surface area contributed by atoms with Gasteiger partial charge < -0.3 is 20.1 Å². The lowest BCUT2D eigenvalue weighted by Crippen LogP contribution is -2.51. The predicted octanol–water partition coefficient (Wildman–Crippen LogP) is 4.92. The van der Waals surface area contributed by atoms with Gasteiger partial charge in [-0.15, -0.1) is 0 Å². The van der Waals surface area contributed by atoms with Gasteiger partial charge in [0.05, 0.1) is 11.1 Å². The molecule has 4 aliphatic heterocycles. The number of nitrogens with one attached hydrogen (secondary N) is 1. The lowest BCUT2D eigenvalue weighted by atomic mass is 9.95. The molecule has 4 aromatic rings. The maximum Gasteiger partial charge on any atom is 0.319 e. The highest BCUT2D eigenvalue weighted by atomic mass is 19.1. The zero-order valence-electron chi connectivity index (χ0n) is 23.8. The number of fused-ring (bicyclic) bond motifs is 5. The highest BCUT2D eigenvalue weighted by Gasteiger charge is 2.49. The van der Waals surface area contributed by atoms with Crippen LogP contribution in [-0.2, 0) is 0 Å². The number of nitrogens with zero attached hydrogens (tertiary/aromatic N) is 4. The Balaban J connectivity index is 1.19. The van der Waals surface area contributed by atoms with Crippen molar-refractivity contribution in [2.75, 3.05) is 37.7 Å². The van der Waals surface area contributed by atoms with Crippen molar-refractivity contribution in [3.8, 4) is 23.6 Å². The van der Waals surface area contributed by atoms with Crippen molar-refractivity contribution in [3.63, 3.8) is 0 Å². The van der Waals surface area contributed by atoms with E-state index in [4.69, 9.17) is 9.72 Å². The number of phenolic OH excluding ortho intramolecular Hbond substituents is 1. The zero-order valence-corrected chi connectivity index (χ0v) is 23.8. The second-order valence-corrected chi connectivity index (χ2v) is 12.5. The molecule has 3 aromatic carbocycles. The largest absolute Gasteiger partial charge is 0.508 e. The van der Waals surface area contributed by atoms with E-state index < -0.39 is 12.0 Å². The van der Waals surface area contributed by atoms with Crippen LogP contribution in [0.5, 0.6) is 11.8 Å². The first-order valence-corrected chi connectivity index (χ1v) is 15.2. The van der Waals surface area contributed by atoms with Crippen LogP contribution in [-0.4, -0.2) is 76.6 Å². The molecule has 2 N–H and O–H groups in total. The number of rotatable bonds is 4. The Bertz CT molecular complexity index is 1790. The van der Waals surface area contributed by atoms with E-state index in [0.717, 1.165) is 56.1 Å². The van der Waals surface area contributed by atoms with Gasteiger partial charge in [0.15, 0.2) is 5.82 Å². The minimum atomic E-state index is -0.865. The van der Waals surface area contributed by atoms with Crippen molar-refractivity contribution >= 4 is 27.5 Å². The fourth-order valence-electron chi connectivity index (χ4n) is 7.68. The van der Waals surface area contributed by atoms with Crippen molar-refractivity contribution in [2.45, 2.75) is 55.9 Å². The maximum atomic E-state index is 16.3. The van der Waals surface area contributed by atoms with Crippen LogP contribution in [0.25, 0.3) is 21.7 Å². The number of benzene rings is 3. The summed E-state index contributed by atoms with van der Waals surface area (Å²) in [5.74, 6) is 6.28. The van der Waals surface area contributed by atoms with Gasteiger partial charge in [0.25, 0.3) is 0 Å². The Morgan fingerprint density at radius 3 is 2.67 bits per heavy atom. The third-order valence-corrected chi connectivity index (χ3v) is 9.69. The number of ether oxygens (including phenoxy) is 1. The third kappa shape index (κ3) is 4.73. The molecular weight excluding hydrogens is 548 g/mol. The first kappa shape index (κ1) is 26.6. The average molecular weight is 582 g/mol. The summed E-state index contributed by atoms with van der Waals surface area (Å²) in [7, 11) is 0. The second-order valence-electron chi connectivity index (χ2n) is 12.5. The van der Waals surface area contributed by atoms with Crippen molar-refractivity contribution in [3.05, 3.63) is 65.5 Å². The molecule has 9 heteroatoms. The van der Waals surface area contributed by atoms with Crippen molar-refractivity contribution in [1.82, 2.24) is 20.2 Å². The number of phenols is 1. The molecule has 0 amide bonds. The first-order valence-electron chi connectivity index (χ1n) is 15.2. The number of piperazine rings is 1. The SMILES string of the molecule is Oc1cc(C#Cc2ccc3c(N4C[C@H]5CC[C@@H](C4)N5)nc(OC[C@@]45CCCN4C[C@H](F)C5)nc3c2F)c2ccccc2c1. The Hall–Kier alpha value is -4.00. The summed E-state index contributed by atoms with van der Waals surface area (Å²) in [4.78, 5) is 13.8. The fourth-order valence-corrected chi connectivity index (χ4v) is 7.68. The van der Waals surface area contributed by atoms with Crippen LogP contribution in [0.1, 0.15) is 43.2 Å². The van der Waals surface area contributed by atoms with Gasteiger partial charge in [-0.2, -0.15) is 9.97 Å². The van der Waals surface area contributed by atoms with Gasteiger partial charge >= 0.3 is 6.01 Å². The molecule has 4 atom stereocenters. The quantitative estimate of drug-likeness (QED) is 0.332. The number of hydrogen-bond donors (Lipinski definition) is 2. The maximum absolute atomic E-state index is 16.3. The molecule has 4 fully saturated rings. The van der Waals surface area contributed by atoms with Gasteiger partial charge in [-0.05, 0) is 67.3 Å². The summed E-state index contributed by atoms with van der Waals surface area (Å²) in [5.41, 5.74) is 0.616. The van der Waals surface area contributed by atoms with E-state index in [2.05, 4.69) is 31.9 Å². The molecule has 0 saturated carbocycles. The number of alkyl halides is 1. The Labute approximate surface area is 248 Å². The lowest BCUT2D eigenvalue weighted by molar-refractivity contribution is 0.107. The molecule has 0 aliphatic carbocycles. The van der Waals surface area contributed by atoms with Crippen molar-refractivity contribution < 1.29 is 18.6 Å². The van der Waals surface area contributed by atoms with E-state index in [-0.39, 0.29) is 35.0 Å². The normalized spacial score (nSPS) is 26.6. The molecule has 0 unspecified atom stereocenters. The van der Waals surface area contributed by atoms with E-state index >= 15 is 4.39 Å². The smallest absolute Gasteiger partial charge is 0.319 e. The molecule has 5 heterocycles. The van der Waals surface area contributed by atoms with Crippen LogP contribution >= 0.6 is 0 Å². The molecule has 4 saturated heterocycles. The summed E-state index contributed by atoms with van der Waals surface area (Å²) in [6.45, 7) is 3.12. The highest BCUT2D eigenvalue weighted by Crippen LogP contribution is 2.41. The van der Waals surface area contributed by atoms with E-state index in [1.165, 1.54) is 0 Å². The van der Waals surface area contributed by atoms with Gasteiger partial charge in [-0.3, -0.25) is 4.90 Å². The molecule has 7 nitrogen and oxygen atoms in total. The molecule has 43 heavy (non-hydrogen) atoms. The number of aromatic hydroxyl groups is 1. The van der Waals surface area contributed by atoms with E-state index in [9.17, 15) is 9.50 Å². The Morgan fingerprint density at radius 1 is 1.00 bits per heavy atom. The predicted molar refractivity (Wildman–Crippen MR) is 162 cm³/mol. The molecule has 1 aromatic heterocycles. The lowest BCUT2D eigenvalue weighted by Gasteiger charge is -2.34. The third-order valence-electron chi connectivity index (χ3n) is 9.69. The van der Waals surface area contributed by atoms with E-state index in [1.807, 2.05) is 30.3 Å². The van der Waals surface area contributed by atoms with Crippen LogP contribution in [0.3, 0.4) is 0 Å². The average Bonchev–Trinajstić information content (AvgIpc) is 3.65. The summed E-state index contributed by atoms with van der Waals surface area (Å²) in [6.07, 6.45) is 3.66. The topological polar surface area (TPSA) is 73.8 Å². The minimum absolute atomic E-state index is 0.104. The fraction of sp³-hybridized carbons (Fsp3) is 0.412. The van der Waals surface area contributed by atoms with Gasteiger partial charge in [0.1, 0.15) is 29.9 Å². The summed E-state index contributed by atoms with van der Waals surface area (Å²) < 4.78 is 36.9. The van der Waals surface area contributed by atoms with Gasteiger partial charge in [-0.25, -0.2) is 8.78 Å². The molecule has 8 rings (SSSR count).